The minimum absolute atomic E-state index is 0.578. The van der Waals surface area contributed by atoms with Gasteiger partial charge in [0.1, 0.15) is 0 Å². The molecular formula is C14H14ClN. The lowest BCUT2D eigenvalue weighted by atomic mass is 10.00. The van der Waals surface area contributed by atoms with Gasteiger partial charge in [-0.05, 0) is 41.3 Å². The van der Waals surface area contributed by atoms with Gasteiger partial charge in [-0.15, -0.1) is 0 Å². The van der Waals surface area contributed by atoms with Crippen LogP contribution in [0, 0.1) is 6.92 Å². The van der Waals surface area contributed by atoms with Crippen LogP contribution in [0.2, 0.25) is 5.02 Å². The lowest BCUT2D eigenvalue weighted by molar-refractivity contribution is 1.07. The molecule has 0 unspecified atom stereocenters. The highest BCUT2D eigenvalue weighted by Crippen LogP contribution is 2.26. The van der Waals surface area contributed by atoms with E-state index in [0.717, 1.165) is 10.6 Å². The van der Waals surface area contributed by atoms with Crippen LogP contribution in [0.5, 0.6) is 0 Å². The van der Waals surface area contributed by atoms with Crippen molar-refractivity contribution in [2.24, 2.45) is 5.73 Å². The number of halogens is 1. The molecule has 1 nitrogen and oxygen atoms in total. The number of hydrogen-bond donors (Lipinski definition) is 1. The Bertz CT molecular complexity index is 489. The van der Waals surface area contributed by atoms with Crippen molar-refractivity contribution in [2.45, 2.75) is 13.5 Å². The minimum atomic E-state index is 0.578. The summed E-state index contributed by atoms with van der Waals surface area (Å²) >= 11 is 6.01. The van der Waals surface area contributed by atoms with Crippen LogP contribution in [0.1, 0.15) is 11.1 Å². The van der Waals surface area contributed by atoms with Crippen molar-refractivity contribution in [2.75, 3.05) is 0 Å². The molecule has 0 heterocycles. The summed E-state index contributed by atoms with van der Waals surface area (Å²) in [6, 6.07) is 14.2. The second-order valence-electron chi connectivity index (χ2n) is 3.86. The molecule has 2 aromatic carbocycles. The SMILES string of the molecule is Cc1ccc(Cl)cc1-c1ccc(CN)cc1. The van der Waals surface area contributed by atoms with Gasteiger partial charge in [-0.3, -0.25) is 0 Å². The van der Waals surface area contributed by atoms with E-state index >= 15 is 0 Å². The van der Waals surface area contributed by atoms with Gasteiger partial charge in [0.15, 0.2) is 0 Å². The molecular weight excluding hydrogens is 218 g/mol. The van der Waals surface area contributed by atoms with E-state index in [1.165, 1.54) is 16.7 Å². The molecule has 0 saturated heterocycles. The van der Waals surface area contributed by atoms with Crippen LogP contribution in [0.4, 0.5) is 0 Å². The van der Waals surface area contributed by atoms with E-state index in [-0.39, 0.29) is 0 Å². The summed E-state index contributed by atoms with van der Waals surface area (Å²) in [4.78, 5) is 0. The van der Waals surface area contributed by atoms with Crippen molar-refractivity contribution in [1.82, 2.24) is 0 Å². The first-order chi connectivity index (χ1) is 7.70. The summed E-state index contributed by atoms with van der Waals surface area (Å²) in [6.45, 7) is 2.66. The zero-order chi connectivity index (χ0) is 11.5. The molecule has 2 rings (SSSR count). The average molecular weight is 232 g/mol. The molecule has 0 amide bonds. The third kappa shape index (κ3) is 2.26. The van der Waals surface area contributed by atoms with Gasteiger partial charge in [0, 0.05) is 11.6 Å². The summed E-state index contributed by atoms with van der Waals surface area (Å²) in [5.41, 5.74) is 10.3. The number of nitrogens with two attached hydrogens (primary N) is 1. The monoisotopic (exact) mass is 231 g/mol. The number of hydrogen-bond acceptors (Lipinski definition) is 1. The number of aryl methyl sites for hydroxylation is 1. The lowest BCUT2D eigenvalue weighted by Crippen LogP contribution is -1.95. The third-order valence-electron chi connectivity index (χ3n) is 2.70. The Morgan fingerprint density at radius 2 is 1.75 bits per heavy atom. The molecule has 82 valence electrons. The first kappa shape index (κ1) is 11.2. The van der Waals surface area contributed by atoms with Crippen LogP contribution in [0.3, 0.4) is 0 Å². The molecule has 0 aromatic heterocycles. The smallest absolute Gasteiger partial charge is 0.0412 e. The molecule has 2 N–H and O–H groups in total. The van der Waals surface area contributed by atoms with Gasteiger partial charge < -0.3 is 5.73 Å². The highest BCUT2D eigenvalue weighted by atomic mass is 35.5. The maximum absolute atomic E-state index is 6.01. The Morgan fingerprint density at radius 3 is 2.38 bits per heavy atom. The predicted molar refractivity (Wildman–Crippen MR) is 69.5 cm³/mol. The van der Waals surface area contributed by atoms with Crippen LogP contribution in [0.15, 0.2) is 42.5 Å². The molecule has 0 bridgehead atoms. The highest BCUT2D eigenvalue weighted by Gasteiger charge is 2.02. The summed E-state index contributed by atoms with van der Waals surface area (Å²) in [6.07, 6.45) is 0. The fourth-order valence-electron chi connectivity index (χ4n) is 1.73. The standard InChI is InChI=1S/C14H14ClN/c1-10-2-7-13(15)8-14(10)12-5-3-11(9-16)4-6-12/h2-8H,9,16H2,1H3. The van der Waals surface area contributed by atoms with Gasteiger partial charge in [0.05, 0.1) is 0 Å². The van der Waals surface area contributed by atoms with Crippen molar-refractivity contribution in [3.63, 3.8) is 0 Å². The van der Waals surface area contributed by atoms with E-state index in [1.807, 2.05) is 18.2 Å². The third-order valence-corrected chi connectivity index (χ3v) is 2.94. The van der Waals surface area contributed by atoms with Crippen molar-refractivity contribution >= 4 is 11.6 Å². The van der Waals surface area contributed by atoms with Crippen LogP contribution in [-0.2, 0) is 6.54 Å². The summed E-state index contributed by atoms with van der Waals surface area (Å²) in [7, 11) is 0. The molecule has 2 heteroatoms. The maximum atomic E-state index is 6.01. The molecule has 16 heavy (non-hydrogen) atoms. The Labute approximate surface area is 101 Å². The normalized spacial score (nSPS) is 10.4. The molecule has 0 fully saturated rings. The molecule has 0 saturated carbocycles. The fraction of sp³-hybridized carbons (Fsp3) is 0.143. The Morgan fingerprint density at radius 1 is 1.06 bits per heavy atom. The number of benzene rings is 2. The summed E-state index contributed by atoms with van der Waals surface area (Å²) in [5.74, 6) is 0. The minimum Gasteiger partial charge on any atom is -0.326 e. The van der Waals surface area contributed by atoms with Gasteiger partial charge in [-0.1, -0.05) is 41.9 Å². The average Bonchev–Trinajstić information content (AvgIpc) is 2.32. The summed E-state index contributed by atoms with van der Waals surface area (Å²) in [5, 5.41) is 0.767. The molecule has 0 aliphatic heterocycles. The molecule has 0 spiro atoms. The first-order valence-electron chi connectivity index (χ1n) is 5.26. The fourth-order valence-corrected chi connectivity index (χ4v) is 1.90. The van der Waals surface area contributed by atoms with E-state index in [0.29, 0.717) is 6.54 Å². The predicted octanol–water partition coefficient (Wildman–Crippen LogP) is 3.77. The lowest BCUT2D eigenvalue weighted by Gasteiger charge is -2.07. The zero-order valence-electron chi connectivity index (χ0n) is 9.20. The van der Waals surface area contributed by atoms with Crippen molar-refractivity contribution in [3.05, 3.63) is 58.6 Å². The molecule has 0 aliphatic carbocycles. The van der Waals surface area contributed by atoms with Crippen LogP contribution in [-0.4, -0.2) is 0 Å². The van der Waals surface area contributed by atoms with E-state index in [1.54, 1.807) is 0 Å². The van der Waals surface area contributed by atoms with Crippen molar-refractivity contribution in [1.29, 1.82) is 0 Å². The summed E-state index contributed by atoms with van der Waals surface area (Å²) < 4.78 is 0. The second kappa shape index (κ2) is 4.69. The number of rotatable bonds is 2. The van der Waals surface area contributed by atoms with E-state index in [9.17, 15) is 0 Å². The Kier molecular flexibility index (Phi) is 3.28. The van der Waals surface area contributed by atoms with Crippen LogP contribution in [0.25, 0.3) is 11.1 Å². The van der Waals surface area contributed by atoms with Gasteiger partial charge in [-0.2, -0.15) is 0 Å². The quantitative estimate of drug-likeness (QED) is 0.837. The topological polar surface area (TPSA) is 26.0 Å². The van der Waals surface area contributed by atoms with Gasteiger partial charge in [-0.25, -0.2) is 0 Å². The molecule has 0 aliphatic rings. The van der Waals surface area contributed by atoms with Crippen LogP contribution >= 0.6 is 11.6 Å². The molecule has 0 atom stereocenters. The molecule has 2 aromatic rings. The van der Waals surface area contributed by atoms with Gasteiger partial charge in [0.2, 0.25) is 0 Å². The Balaban J connectivity index is 2.45. The van der Waals surface area contributed by atoms with Gasteiger partial charge in [0.25, 0.3) is 0 Å². The highest BCUT2D eigenvalue weighted by molar-refractivity contribution is 6.30. The van der Waals surface area contributed by atoms with E-state index in [2.05, 4.69) is 31.2 Å². The second-order valence-corrected chi connectivity index (χ2v) is 4.30. The first-order valence-corrected chi connectivity index (χ1v) is 5.64. The maximum Gasteiger partial charge on any atom is 0.0412 e. The molecule has 0 radical (unpaired) electrons. The van der Waals surface area contributed by atoms with Crippen LogP contribution < -0.4 is 5.73 Å². The largest absolute Gasteiger partial charge is 0.326 e. The Hall–Kier alpha value is -1.31. The van der Waals surface area contributed by atoms with Gasteiger partial charge >= 0.3 is 0 Å². The van der Waals surface area contributed by atoms with Crippen molar-refractivity contribution < 1.29 is 0 Å². The van der Waals surface area contributed by atoms with E-state index < -0.39 is 0 Å². The zero-order valence-corrected chi connectivity index (χ0v) is 9.96. The van der Waals surface area contributed by atoms with E-state index in [4.69, 9.17) is 17.3 Å². The van der Waals surface area contributed by atoms with Crippen molar-refractivity contribution in [3.8, 4) is 11.1 Å².